The summed E-state index contributed by atoms with van der Waals surface area (Å²) >= 11 is 0. The normalized spacial score (nSPS) is 11.9. The van der Waals surface area contributed by atoms with Gasteiger partial charge in [0.25, 0.3) is 0 Å². The van der Waals surface area contributed by atoms with Gasteiger partial charge in [-0.05, 0) is 24.6 Å². The molecular weight excluding hydrogens is 212 g/mol. The molecule has 0 aliphatic carbocycles. The topological polar surface area (TPSA) is 76.0 Å². The molecule has 1 rings (SSSR count). The minimum atomic E-state index is -1.55. The zero-order chi connectivity index (χ0) is 12.1. The van der Waals surface area contributed by atoms with Crippen molar-refractivity contribution < 1.29 is 24.5 Å². The number of carboxylic acid groups (broad SMARTS) is 1. The SMILES string of the molecule is CCOc1cc(C(O)C(=O)O)ccc1OC. The van der Waals surface area contributed by atoms with Crippen molar-refractivity contribution in [3.8, 4) is 11.5 Å². The van der Waals surface area contributed by atoms with Crippen molar-refractivity contribution >= 4 is 5.97 Å². The second kappa shape index (κ2) is 5.37. The summed E-state index contributed by atoms with van der Waals surface area (Å²) in [4.78, 5) is 10.6. The van der Waals surface area contributed by atoms with E-state index in [-0.39, 0.29) is 5.56 Å². The molecule has 5 heteroatoms. The third-order valence-corrected chi connectivity index (χ3v) is 2.04. The van der Waals surface area contributed by atoms with Gasteiger partial charge in [-0.1, -0.05) is 6.07 Å². The van der Waals surface area contributed by atoms with Crippen molar-refractivity contribution in [1.29, 1.82) is 0 Å². The van der Waals surface area contributed by atoms with Gasteiger partial charge in [-0.15, -0.1) is 0 Å². The van der Waals surface area contributed by atoms with Crippen LogP contribution in [-0.2, 0) is 4.79 Å². The van der Waals surface area contributed by atoms with Crippen molar-refractivity contribution in [3.05, 3.63) is 23.8 Å². The van der Waals surface area contributed by atoms with Gasteiger partial charge >= 0.3 is 5.97 Å². The summed E-state index contributed by atoms with van der Waals surface area (Å²) in [5, 5.41) is 18.0. The molecular formula is C11H14O5. The molecule has 0 saturated heterocycles. The number of aliphatic carboxylic acids is 1. The number of carbonyl (C=O) groups is 1. The van der Waals surface area contributed by atoms with E-state index in [9.17, 15) is 9.90 Å². The zero-order valence-corrected chi connectivity index (χ0v) is 9.14. The Labute approximate surface area is 93.2 Å². The molecule has 0 spiro atoms. The molecule has 0 saturated carbocycles. The number of benzene rings is 1. The lowest BCUT2D eigenvalue weighted by Gasteiger charge is -2.12. The van der Waals surface area contributed by atoms with E-state index in [0.29, 0.717) is 18.1 Å². The van der Waals surface area contributed by atoms with Gasteiger partial charge in [0.2, 0.25) is 0 Å². The number of hydrogen-bond acceptors (Lipinski definition) is 4. The van der Waals surface area contributed by atoms with Crippen LogP contribution in [0.3, 0.4) is 0 Å². The van der Waals surface area contributed by atoms with Crippen LogP contribution in [0, 0.1) is 0 Å². The summed E-state index contributed by atoms with van der Waals surface area (Å²) in [6.45, 7) is 2.24. The molecule has 0 radical (unpaired) electrons. The van der Waals surface area contributed by atoms with Gasteiger partial charge in [-0.2, -0.15) is 0 Å². The Morgan fingerprint density at radius 1 is 1.44 bits per heavy atom. The van der Waals surface area contributed by atoms with E-state index < -0.39 is 12.1 Å². The molecule has 0 amide bonds. The Morgan fingerprint density at radius 2 is 2.12 bits per heavy atom. The first-order valence-corrected chi connectivity index (χ1v) is 4.81. The average molecular weight is 226 g/mol. The summed E-state index contributed by atoms with van der Waals surface area (Å²) in [6, 6.07) is 4.51. The van der Waals surface area contributed by atoms with Gasteiger partial charge in [0.15, 0.2) is 17.6 Å². The Morgan fingerprint density at radius 3 is 2.62 bits per heavy atom. The molecule has 5 nitrogen and oxygen atoms in total. The zero-order valence-electron chi connectivity index (χ0n) is 9.14. The Kier molecular flexibility index (Phi) is 4.13. The third kappa shape index (κ3) is 2.64. The fraction of sp³-hybridized carbons (Fsp3) is 0.364. The van der Waals surface area contributed by atoms with Crippen molar-refractivity contribution in [1.82, 2.24) is 0 Å². The molecule has 1 unspecified atom stereocenters. The molecule has 1 aromatic rings. The largest absolute Gasteiger partial charge is 0.493 e. The lowest BCUT2D eigenvalue weighted by molar-refractivity contribution is -0.146. The molecule has 0 bridgehead atoms. The smallest absolute Gasteiger partial charge is 0.337 e. The van der Waals surface area contributed by atoms with Crippen molar-refractivity contribution in [2.45, 2.75) is 13.0 Å². The van der Waals surface area contributed by atoms with E-state index in [1.807, 2.05) is 0 Å². The van der Waals surface area contributed by atoms with Crippen LogP contribution in [0.25, 0.3) is 0 Å². The van der Waals surface area contributed by atoms with Gasteiger partial charge < -0.3 is 19.7 Å². The van der Waals surface area contributed by atoms with Gasteiger partial charge in [0, 0.05) is 0 Å². The van der Waals surface area contributed by atoms with Gasteiger partial charge in [-0.3, -0.25) is 0 Å². The second-order valence-corrected chi connectivity index (χ2v) is 3.08. The van der Waals surface area contributed by atoms with Crippen LogP contribution in [0.2, 0.25) is 0 Å². The van der Waals surface area contributed by atoms with Crippen molar-refractivity contribution in [3.63, 3.8) is 0 Å². The molecule has 0 aliphatic rings. The van der Waals surface area contributed by atoms with E-state index >= 15 is 0 Å². The second-order valence-electron chi connectivity index (χ2n) is 3.08. The average Bonchev–Trinajstić information content (AvgIpc) is 2.28. The van der Waals surface area contributed by atoms with Crippen LogP contribution < -0.4 is 9.47 Å². The van der Waals surface area contributed by atoms with E-state index in [1.165, 1.54) is 19.2 Å². The molecule has 2 N–H and O–H groups in total. The summed E-state index contributed by atoms with van der Waals surface area (Å²) in [7, 11) is 1.49. The lowest BCUT2D eigenvalue weighted by atomic mass is 10.1. The molecule has 16 heavy (non-hydrogen) atoms. The summed E-state index contributed by atoms with van der Waals surface area (Å²) < 4.78 is 10.3. The van der Waals surface area contributed by atoms with E-state index in [1.54, 1.807) is 13.0 Å². The van der Waals surface area contributed by atoms with Crippen LogP contribution in [-0.4, -0.2) is 29.9 Å². The first-order valence-electron chi connectivity index (χ1n) is 4.81. The standard InChI is InChI=1S/C11H14O5/c1-3-16-9-6-7(10(12)11(13)14)4-5-8(9)15-2/h4-6,10,12H,3H2,1-2H3,(H,13,14). The van der Waals surface area contributed by atoms with Crippen LogP contribution in [0.5, 0.6) is 11.5 Å². The molecule has 0 aromatic heterocycles. The molecule has 0 aliphatic heterocycles. The Balaban J connectivity index is 3.05. The highest BCUT2D eigenvalue weighted by molar-refractivity contribution is 5.74. The maximum Gasteiger partial charge on any atom is 0.337 e. The molecule has 1 atom stereocenters. The third-order valence-electron chi connectivity index (χ3n) is 2.04. The molecule has 88 valence electrons. The molecule has 0 heterocycles. The summed E-state index contributed by atoms with van der Waals surface area (Å²) in [6.07, 6.45) is -1.55. The van der Waals surface area contributed by atoms with Crippen molar-refractivity contribution in [2.24, 2.45) is 0 Å². The predicted octanol–water partition coefficient (Wildman–Crippen LogP) is 1.21. The maximum absolute atomic E-state index is 10.6. The highest BCUT2D eigenvalue weighted by Gasteiger charge is 2.17. The van der Waals surface area contributed by atoms with Gasteiger partial charge in [0.1, 0.15) is 0 Å². The number of hydrogen-bond donors (Lipinski definition) is 2. The number of aliphatic hydroxyl groups excluding tert-OH is 1. The predicted molar refractivity (Wildman–Crippen MR) is 56.8 cm³/mol. The van der Waals surface area contributed by atoms with Gasteiger partial charge in [-0.25, -0.2) is 4.79 Å². The highest BCUT2D eigenvalue weighted by atomic mass is 16.5. The minimum absolute atomic E-state index is 0.261. The van der Waals surface area contributed by atoms with E-state index in [2.05, 4.69) is 0 Å². The van der Waals surface area contributed by atoms with Crippen LogP contribution in [0.4, 0.5) is 0 Å². The minimum Gasteiger partial charge on any atom is -0.493 e. The van der Waals surface area contributed by atoms with Crippen LogP contribution in [0.15, 0.2) is 18.2 Å². The van der Waals surface area contributed by atoms with E-state index in [0.717, 1.165) is 0 Å². The first-order chi connectivity index (χ1) is 7.60. The quantitative estimate of drug-likeness (QED) is 0.789. The van der Waals surface area contributed by atoms with Crippen molar-refractivity contribution in [2.75, 3.05) is 13.7 Å². The number of rotatable bonds is 5. The highest BCUT2D eigenvalue weighted by Crippen LogP contribution is 2.30. The van der Waals surface area contributed by atoms with E-state index in [4.69, 9.17) is 14.6 Å². The number of carboxylic acids is 1. The fourth-order valence-corrected chi connectivity index (χ4v) is 1.27. The Hall–Kier alpha value is -1.75. The number of aliphatic hydroxyl groups is 1. The molecule has 1 aromatic carbocycles. The maximum atomic E-state index is 10.6. The first kappa shape index (κ1) is 12.3. The number of ether oxygens (including phenoxy) is 2. The fourth-order valence-electron chi connectivity index (χ4n) is 1.27. The Bertz CT molecular complexity index is 375. The lowest BCUT2D eigenvalue weighted by Crippen LogP contribution is -2.10. The molecule has 0 fully saturated rings. The summed E-state index contributed by atoms with van der Waals surface area (Å²) in [5.74, 6) is -0.376. The van der Waals surface area contributed by atoms with Crippen LogP contribution >= 0.6 is 0 Å². The van der Waals surface area contributed by atoms with Gasteiger partial charge in [0.05, 0.1) is 13.7 Å². The number of methoxy groups -OCH3 is 1. The monoisotopic (exact) mass is 226 g/mol. The summed E-state index contributed by atoms with van der Waals surface area (Å²) in [5.41, 5.74) is 0.261. The van der Waals surface area contributed by atoms with Crippen LogP contribution in [0.1, 0.15) is 18.6 Å².